The largest absolute Gasteiger partial charge is 0.497 e. The van der Waals surface area contributed by atoms with Crippen molar-refractivity contribution in [3.05, 3.63) is 29.8 Å². The van der Waals surface area contributed by atoms with Gasteiger partial charge in [0.05, 0.1) is 7.11 Å². The van der Waals surface area contributed by atoms with Gasteiger partial charge in [-0.25, -0.2) is 0 Å². The summed E-state index contributed by atoms with van der Waals surface area (Å²) in [5.41, 5.74) is 1.61. The fraction of sp³-hybridized carbons (Fsp3) is 0.538. The quantitative estimate of drug-likeness (QED) is 0.705. The van der Waals surface area contributed by atoms with Gasteiger partial charge < -0.3 is 4.74 Å². The molecular weight excluding hydrogens is 172 g/mol. The van der Waals surface area contributed by atoms with Gasteiger partial charge in [-0.15, -0.1) is 0 Å². The second-order valence-corrected chi connectivity index (χ2v) is 4.37. The zero-order valence-electron chi connectivity index (χ0n) is 9.63. The van der Waals surface area contributed by atoms with Gasteiger partial charge in [-0.2, -0.15) is 0 Å². The summed E-state index contributed by atoms with van der Waals surface area (Å²) < 4.78 is 5.23. The van der Waals surface area contributed by atoms with Crippen LogP contribution in [0.5, 0.6) is 5.75 Å². The molecule has 0 aromatic heterocycles. The maximum atomic E-state index is 5.23. The molecule has 0 fully saturated rings. The average molecular weight is 192 g/mol. The van der Waals surface area contributed by atoms with Gasteiger partial charge in [-0.05, 0) is 29.5 Å². The Morgan fingerprint density at radius 2 is 2.00 bits per heavy atom. The molecule has 0 unspecified atom stereocenters. The molecule has 0 radical (unpaired) electrons. The van der Waals surface area contributed by atoms with Crippen molar-refractivity contribution in [3.8, 4) is 5.75 Å². The Balaban J connectivity index is 2.93. The number of hydrogen-bond donors (Lipinski definition) is 0. The summed E-state index contributed by atoms with van der Waals surface area (Å²) in [5, 5.41) is 0. The highest BCUT2D eigenvalue weighted by atomic mass is 16.5. The fourth-order valence-corrected chi connectivity index (χ4v) is 1.81. The second kappa shape index (κ2) is 4.50. The third kappa shape index (κ3) is 2.50. The zero-order chi connectivity index (χ0) is 10.6. The molecule has 0 aliphatic rings. The summed E-state index contributed by atoms with van der Waals surface area (Å²) in [6, 6.07) is 8.37. The fourth-order valence-electron chi connectivity index (χ4n) is 1.81. The van der Waals surface area contributed by atoms with E-state index >= 15 is 0 Å². The Kier molecular flexibility index (Phi) is 3.56. The lowest BCUT2D eigenvalue weighted by Gasteiger charge is -2.25. The Bertz CT molecular complexity index is 289. The molecule has 0 saturated carbocycles. The van der Waals surface area contributed by atoms with E-state index in [9.17, 15) is 0 Å². The van der Waals surface area contributed by atoms with E-state index in [0.29, 0.717) is 0 Å². The maximum Gasteiger partial charge on any atom is 0.119 e. The summed E-state index contributed by atoms with van der Waals surface area (Å²) in [7, 11) is 1.71. The van der Waals surface area contributed by atoms with E-state index in [0.717, 1.165) is 5.75 Å². The van der Waals surface area contributed by atoms with Crippen LogP contribution in [0.2, 0.25) is 0 Å². The van der Waals surface area contributed by atoms with Crippen LogP contribution in [0.15, 0.2) is 24.3 Å². The van der Waals surface area contributed by atoms with Crippen molar-refractivity contribution in [1.82, 2.24) is 0 Å². The number of methoxy groups -OCH3 is 1. The van der Waals surface area contributed by atoms with Crippen LogP contribution in [-0.4, -0.2) is 7.11 Å². The van der Waals surface area contributed by atoms with E-state index in [1.54, 1.807) is 7.11 Å². The first-order chi connectivity index (χ1) is 6.60. The molecule has 0 atom stereocenters. The second-order valence-electron chi connectivity index (χ2n) is 4.37. The Morgan fingerprint density at radius 1 is 1.29 bits per heavy atom. The number of benzene rings is 1. The molecule has 0 saturated heterocycles. The molecule has 14 heavy (non-hydrogen) atoms. The van der Waals surface area contributed by atoms with Crippen molar-refractivity contribution in [2.45, 2.75) is 39.0 Å². The lowest BCUT2D eigenvalue weighted by Crippen LogP contribution is -2.16. The standard InChI is InChI=1S/C13H20O/c1-5-9-13(2,3)11-7-6-8-12(10-11)14-4/h6-8,10H,5,9H2,1-4H3. The van der Waals surface area contributed by atoms with Crippen molar-refractivity contribution in [2.75, 3.05) is 7.11 Å². The van der Waals surface area contributed by atoms with Crippen LogP contribution in [0, 0.1) is 0 Å². The van der Waals surface area contributed by atoms with Crippen molar-refractivity contribution in [2.24, 2.45) is 0 Å². The lowest BCUT2D eigenvalue weighted by molar-refractivity contribution is 0.410. The third-order valence-electron chi connectivity index (χ3n) is 2.73. The zero-order valence-corrected chi connectivity index (χ0v) is 9.63. The van der Waals surface area contributed by atoms with E-state index in [1.165, 1.54) is 18.4 Å². The van der Waals surface area contributed by atoms with Gasteiger partial charge in [0.25, 0.3) is 0 Å². The first-order valence-electron chi connectivity index (χ1n) is 5.24. The van der Waals surface area contributed by atoms with Gasteiger partial charge in [-0.1, -0.05) is 39.3 Å². The first kappa shape index (κ1) is 11.1. The smallest absolute Gasteiger partial charge is 0.119 e. The molecular formula is C13H20O. The highest BCUT2D eigenvalue weighted by molar-refractivity contribution is 5.32. The first-order valence-corrected chi connectivity index (χ1v) is 5.24. The third-order valence-corrected chi connectivity index (χ3v) is 2.73. The van der Waals surface area contributed by atoms with Crippen molar-refractivity contribution in [1.29, 1.82) is 0 Å². The molecule has 0 heterocycles. The molecule has 0 N–H and O–H groups in total. The summed E-state index contributed by atoms with van der Waals surface area (Å²) in [5.74, 6) is 0.951. The predicted molar refractivity (Wildman–Crippen MR) is 60.9 cm³/mol. The van der Waals surface area contributed by atoms with E-state index in [4.69, 9.17) is 4.74 Å². The van der Waals surface area contributed by atoms with Crippen LogP contribution in [-0.2, 0) is 5.41 Å². The predicted octanol–water partition coefficient (Wildman–Crippen LogP) is 3.77. The van der Waals surface area contributed by atoms with Crippen LogP contribution in [0.1, 0.15) is 39.2 Å². The number of rotatable bonds is 4. The Labute approximate surface area is 87.1 Å². The van der Waals surface area contributed by atoms with E-state index in [2.05, 4.69) is 39.0 Å². The molecule has 1 rings (SSSR count). The average Bonchev–Trinajstić information content (AvgIpc) is 2.18. The lowest BCUT2D eigenvalue weighted by atomic mass is 9.81. The van der Waals surface area contributed by atoms with Crippen LogP contribution in [0.4, 0.5) is 0 Å². The topological polar surface area (TPSA) is 9.23 Å². The van der Waals surface area contributed by atoms with Crippen molar-refractivity contribution < 1.29 is 4.74 Å². The van der Waals surface area contributed by atoms with Gasteiger partial charge in [0.15, 0.2) is 0 Å². The molecule has 1 nitrogen and oxygen atoms in total. The normalized spacial score (nSPS) is 11.4. The van der Waals surface area contributed by atoms with Crippen molar-refractivity contribution >= 4 is 0 Å². The van der Waals surface area contributed by atoms with Crippen LogP contribution >= 0.6 is 0 Å². The molecule has 0 bridgehead atoms. The minimum absolute atomic E-state index is 0.253. The summed E-state index contributed by atoms with van der Waals surface area (Å²) in [6.45, 7) is 6.79. The monoisotopic (exact) mass is 192 g/mol. The highest BCUT2D eigenvalue weighted by Gasteiger charge is 2.19. The van der Waals surface area contributed by atoms with Crippen LogP contribution < -0.4 is 4.74 Å². The number of ether oxygens (including phenoxy) is 1. The molecule has 1 aromatic rings. The van der Waals surface area contributed by atoms with Gasteiger partial charge >= 0.3 is 0 Å². The van der Waals surface area contributed by atoms with E-state index < -0.39 is 0 Å². The molecule has 0 spiro atoms. The SMILES string of the molecule is CCCC(C)(C)c1cccc(OC)c1. The van der Waals surface area contributed by atoms with Gasteiger partial charge in [0, 0.05) is 0 Å². The summed E-state index contributed by atoms with van der Waals surface area (Å²) in [4.78, 5) is 0. The van der Waals surface area contributed by atoms with Crippen molar-refractivity contribution in [3.63, 3.8) is 0 Å². The Hall–Kier alpha value is -0.980. The minimum atomic E-state index is 0.253. The molecule has 0 aliphatic carbocycles. The van der Waals surface area contributed by atoms with Gasteiger partial charge in [0.2, 0.25) is 0 Å². The van der Waals surface area contributed by atoms with Gasteiger partial charge in [0.1, 0.15) is 5.75 Å². The van der Waals surface area contributed by atoms with Crippen LogP contribution in [0.3, 0.4) is 0 Å². The maximum absolute atomic E-state index is 5.23. The van der Waals surface area contributed by atoms with E-state index in [-0.39, 0.29) is 5.41 Å². The van der Waals surface area contributed by atoms with E-state index in [1.807, 2.05) is 6.07 Å². The summed E-state index contributed by atoms with van der Waals surface area (Å²) >= 11 is 0. The molecule has 0 aliphatic heterocycles. The molecule has 1 heteroatoms. The Morgan fingerprint density at radius 3 is 2.57 bits per heavy atom. The highest BCUT2D eigenvalue weighted by Crippen LogP contribution is 2.30. The molecule has 1 aromatic carbocycles. The molecule has 0 amide bonds. The number of hydrogen-bond acceptors (Lipinski definition) is 1. The minimum Gasteiger partial charge on any atom is -0.497 e. The van der Waals surface area contributed by atoms with Gasteiger partial charge in [-0.3, -0.25) is 0 Å². The van der Waals surface area contributed by atoms with Crippen LogP contribution in [0.25, 0.3) is 0 Å². The summed E-state index contributed by atoms with van der Waals surface area (Å²) in [6.07, 6.45) is 2.42. The molecule has 78 valence electrons.